The fourth-order valence-electron chi connectivity index (χ4n) is 3.02. The number of anilines is 1. The molecule has 26 heavy (non-hydrogen) atoms. The largest absolute Gasteiger partial charge is 0.380 e. The van der Waals surface area contributed by atoms with Crippen molar-refractivity contribution in [3.8, 4) is 0 Å². The van der Waals surface area contributed by atoms with Gasteiger partial charge in [-0.1, -0.05) is 72.5 Å². The molecular formula is C22H24N2OS. The molecule has 134 valence electrons. The van der Waals surface area contributed by atoms with Gasteiger partial charge in [0, 0.05) is 23.5 Å². The van der Waals surface area contributed by atoms with Crippen LogP contribution in [-0.4, -0.2) is 10.5 Å². The summed E-state index contributed by atoms with van der Waals surface area (Å²) in [6.45, 7) is 8.87. The van der Waals surface area contributed by atoms with E-state index in [4.69, 9.17) is 0 Å². The highest BCUT2D eigenvalue weighted by atomic mass is 32.2. The Balaban J connectivity index is 1.80. The average Bonchev–Trinajstić information content (AvgIpc) is 2.94. The van der Waals surface area contributed by atoms with Gasteiger partial charge in [-0.25, -0.2) is 0 Å². The molecule has 1 atom stereocenters. The summed E-state index contributed by atoms with van der Waals surface area (Å²) in [4.78, 5) is 11.6. The maximum atomic E-state index is 11.6. The van der Waals surface area contributed by atoms with Gasteiger partial charge >= 0.3 is 0 Å². The quantitative estimate of drug-likeness (QED) is 0.709. The number of carbonyl (C=O) groups is 1. The number of thioether (sulfide) groups is 1. The van der Waals surface area contributed by atoms with E-state index in [0.29, 0.717) is 0 Å². The topological polar surface area (TPSA) is 41.1 Å². The van der Waals surface area contributed by atoms with Crippen molar-refractivity contribution in [1.29, 1.82) is 0 Å². The van der Waals surface area contributed by atoms with E-state index in [1.165, 1.54) is 34.0 Å². The number of amides is 1. The Morgan fingerprint density at radius 3 is 2.65 bits per heavy atom. The zero-order valence-corrected chi connectivity index (χ0v) is 16.0. The van der Waals surface area contributed by atoms with E-state index in [2.05, 4.69) is 78.8 Å². The Labute approximate surface area is 159 Å². The predicted molar refractivity (Wildman–Crippen MR) is 112 cm³/mol. The maximum Gasteiger partial charge on any atom is 0.283 e. The summed E-state index contributed by atoms with van der Waals surface area (Å²) in [7, 11) is 0. The molecule has 0 aromatic heterocycles. The van der Waals surface area contributed by atoms with Crippen LogP contribution in [0.2, 0.25) is 0 Å². The van der Waals surface area contributed by atoms with E-state index in [9.17, 15) is 4.79 Å². The zero-order valence-electron chi connectivity index (χ0n) is 15.2. The maximum absolute atomic E-state index is 11.6. The van der Waals surface area contributed by atoms with Gasteiger partial charge in [-0.05, 0) is 37.5 Å². The second-order valence-electron chi connectivity index (χ2n) is 6.47. The highest BCUT2D eigenvalue weighted by molar-refractivity contribution is 8.14. The summed E-state index contributed by atoms with van der Waals surface area (Å²) in [5.41, 5.74) is 6.81. The Kier molecular flexibility index (Phi) is 5.84. The van der Waals surface area contributed by atoms with Crippen molar-refractivity contribution in [3.05, 3.63) is 83.1 Å². The van der Waals surface area contributed by atoms with Crippen molar-refractivity contribution in [2.24, 2.45) is 0 Å². The normalized spacial score (nSPS) is 16.9. The van der Waals surface area contributed by atoms with E-state index >= 15 is 0 Å². The molecule has 2 N–H and O–H groups in total. The first-order valence-corrected chi connectivity index (χ1v) is 9.65. The van der Waals surface area contributed by atoms with Gasteiger partial charge in [0.05, 0.1) is 5.25 Å². The van der Waals surface area contributed by atoms with Gasteiger partial charge in [-0.2, -0.15) is 0 Å². The molecule has 1 unspecified atom stereocenters. The third-order valence-corrected chi connectivity index (χ3v) is 5.49. The van der Waals surface area contributed by atoms with Gasteiger partial charge < -0.3 is 10.6 Å². The predicted octanol–water partition coefficient (Wildman–Crippen LogP) is 5.52. The van der Waals surface area contributed by atoms with Crippen LogP contribution in [0.25, 0.3) is 6.08 Å². The number of benzene rings is 2. The van der Waals surface area contributed by atoms with Gasteiger partial charge in [0.2, 0.25) is 0 Å². The van der Waals surface area contributed by atoms with E-state index in [1.807, 2.05) is 6.92 Å². The molecule has 2 aromatic rings. The number of aryl methyl sites for hydroxylation is 1. The minimum absolute atomic E-state index is 0.0127. The number of nitrogens with one attached hydrogen (secondary N) is 2. The monoisotopic (exact) mass is 364 g/mol. The van der Waals surface area contributed by atoms with Crippen LogP contribution in [0, 0.1) is 6.92 Å². The van der Waals surface area contributed by atoms with Crippen LogP contribution in [0.5, 0.6) is 0 Å². The minimum atomic E-state index is -0.0127. The third-order valence-electron chi connectivity index (χ3n) is 4.44. The SMILES string of the molecule is C=C1NC(=O)SC1Cc1cccc(NCc2ccc(C)cc2)c1/C=C\C. The lowest BCUT2D eigenvalue weighted by Crippen LogP contribution is -2.13. The lowest BCUT2D eigenvalue weighted by molar-refractivity contribution is 0.263. The number of allylic oxidation sites excluding steroid dienone is 1. The summed E-state index contributed by atoms with van der Waals surface area (Å²) in [6.07, 6.45) is 4.96. The Morgan fingerprint density at radius 1 is 1.23 bits per heavy atom. The first kappa shape index (κ1) is 18.3. The van der Waals surface area contributed by atoms with Crippen LogP contribution in [0.1, 0.15) is 29.2 Å². The average molecular weight is 365 g/mol. The molecule has 3 rings (SSSR count). The minimum Gasteiger partial charge on any atom is -0.380 e. The molecule has 4 heteroatoms. The lowest BCUT2D eigenvalue weighted by atomic mass is 9.99. The molecule has 1 saturated heterocycles. The fraction of sp³-hybridized carbons (Fsp3) is 0.227. The zero-order chi connectivity index (χ0) is 18.5. The van der Waals surface area contributed by atoms with E-state index < -0.39 is 0 Å². The van der Waals surface area contributed by atoms with Crippen molar-refractivity contribution in [1.82, 2.24) is 5.32 Å². The molecule has 3 nitrogen and oxygen atoms in total. The summed E-state index contributed by atoms with van der Waals surface area (Å²) in [5.74, 6) is 0. The molecule has 1 amide bonds. The molecule has 0 spiro atoms. The molecule has 0 aliphatic carbocycles. The van der Waals surface area contributed by atoms with Gasteiger partial charge in [0.1, 0.15) is 0 Å². The van der Waals surface area contributed by atoms with Crippen LogP contribution in [0.4, 0.5) is 10.5 Å². The smallest absolute Gasteiger partial charge is 0.283 e. The van der Waals surface area contributed by atoms with Crippen molar-refractivity contribution in [2.45, 2.75) is 32.1 Å². The Bertz CT molecular complexity index is 840. The molecule has 0 bridgehead atoms. The highest BCUT2D eigenvalue weighted by Crippen LogP contribution is 2.31. The van der Waals surface area contributed by atoms with Gasteiger partial charge in [0.15, 0.2) is 0 Å². The molecule has 0 saturated carbocycles. The molecule has 0 radical (unpaired) electrons. The highest BCUT2D eigenvalue weighted by Gasteiger charge is 2.27. The molecule has 1 aliphatic heterocycles. The van der Waals surface area contributed by atoms with Gasteiger partial charge in [-0.3, -0.25) is 4.79 Å². The second-order valence-corrected chi connectivity index (χ2v) is 7.64. The first-order chi connectivity index (χ1) is 12.6. The Hall–Kier alpha value is -2.46. The number of rotatable bonds is 6. The van der Waals surface area contributed by atoms with Crippen molar-refractivity contribution < 1.29 is 4.79 Å². The van der Waals surface area contributed by atoms with Crippen LogP contribution >= 0.6 is 11.8 Å². The summed E-state index contributed by atoms with van der Waals surface area (Å²) >= 11 is 1.32. The van der Waals surface area contributed by atoms with Gasteiger partial charge in [-0.15, -0.1) is 0 Å². The van der Waals surface area contributed by atoms with Crippen LogP contribution in [-0.2, 0) is 13.0 Å². The van der Waals surface area contributed by atoms with Crippen molar-refractivity contribution in [3.63, 3.8) is 0 Å². The summed E-state index contributed by atoms with van der Waals surface area (Å²) in [5, 5.41) is 6.43. The van der Waals surface area contributed by atoms with Crippen LogP contribution < -0.4 is 10.6 Å². The van der Waals surface area contributed by atoms with Crippen molar-refractivity contribution >= 4 is 28.8 Å². The van der Waals surface area contributed by atoms with Crippen LogP contribution in [0.15, 0.2) is 60.8 Å². The summed E-state index contributed by atoms with van der Waals surface area (Å²) in [6, 6.07) is 14.9. The van der Waals surface area contributed by atoms with E-state index in [-0.39, 0.29) is 10.5 Å². The number of hydrogen-bond donors (Lipinski definition) is 2. The third kappa shape index (κ3) is 4.38. The van der Waals surface area contributed by atoms with E-state index in [1.54, 1.807) is 0 Å². The summed E-state index contributed by atoms with van der Waals surface area (Å²) < 4.78 is 0. The lowest BCUT2D eigenvalue weighted by Gasteiger charge is -2.16. The standard InChI is InChI=1S/C22H24N2OS/c1-4-6-19-18(13-21-16(3)24-22(25)26-21)7-5-8-20(19)23-14-17-11-9-15(2)10-12-17/h4-12,21,23H,3,13-14H2,1-2H3,(H,24,25)/b6-4-. The number of hydrogen-bond acceptors (Lipinski definition) is 3. The number of carbonyl (C=O) groups excluding carboxylic acids is 1. The van der Waals surface area contributed by atoms with Crippen LogP contribution in [0.3, 0.4) is 0 Å². The van der Waals surface area contributed by atoms with E-state index in [0.717, 1.165) is 24.4 Å². The first-order valence-electron chi connectivity index (χ1n) is 8.77. The molecule has 2 aromatic carbocycles. The molecular weight excluding hydrogens is 340 g/mol. The molecule has 1 heterocycles. The van der Waals surface area contributed by atoms with Gasteiger partial charge in [0.25, 0.3) is 5.24 Å². The van der Waals surface area contributed by atoms with Crippen molar-refractivity contribution in [2.75, 3.05) is 5.32 Å². The fourth-order valence-corrected chi connectivity index (χ4v) is 3.93. The second kappa shape index (κ2) is 8.28. The molecule has 1 aliphatic rings. The Morgan fingerprint density at radius 2 is 2.00 bits per heavy atom. The molecule has 1 fully saturated rings.